The molecule has 1 aromatic carbocycles. The molecular weight excluding hydrogens is 644 g/mol. The minimum atomic E-state index is -1.77. The summed E-state index contributed by atoms with van der Waals surface area (Å²) in [7, 11) is 0. The van der Waals surface area contributed by atoms with Crippen molar-refractivity contribution in [2.75, 3.05) is 6.61 Å². The van der Waals surface area contributed by atoms with Gasteiger partial charge in [0.2, 0.25) is 29.5 Å². The Balaban J connectivity index is 3.16. The summed E-state index contributed by atoms with van der Waals surface area (Å²) in [5.41, 5.74) is 6.66. The normalized spacial score (nSPS) is 15.5. The first-order valence-electron chi connectivity index (χ1n) is 15.9. The van der Waals surface area contributed by atoms with Gasteiger partial charge in [0.15, 0.2) is 0 Å². The van der Waals surface area contributed by atoms with E-state index in [1.807, 2.05) is 13.8 Å². The van der Waals surface area contributed by atoms with Crippen LogP contribution in [-0.2, 0) is 40.0 Å². The lowest BCUT2D eigenvalue weighted by Gasteiger charge is -2.28. The molecule has 5 amide bonds. The number of carboxylic acids is 2. The first-order chi connectivity index (χ1) is 22.9. The molecule has 0 radical (unpaired) electrons. The lowest BCUT2D eigenvalue weighted by Crippen LogP contribution is -2.62. The van der Waals surface area contributed by atoms with Crippen LogP contribution in [0.4, 0.5) is 0 Å². The molecule has 17 heteroatoms. The number of hydrogen-bond donors (Lipinski definition) is 10. The highest BCUT2D eigenvalue weighted by atomic mass is 16.4. The summed E-state index contributed by atoms with van der Waals surface area (Å²) in [6, 6.07) is 0.139. The number of nitrogens with two attached hydrogens (primary N) is 1. The fraction of sp³-hybridized carbons (Fsp3) is 0.594. The fourth-order valence-electron chi connectivity index (χ4n) is 4.64. The largest absolute Gasteiger partial charge is 0.481 e. The predicted molar refractivity (Wildman–Crippen MR) is 175 cm³/mol. The highest BCUT2D eigenvalue weighted by Gasteiger charge is 2.35. The first-order valence-corrected chi connectivity index (χ1v) is 15.9. The zero-order valence-corrected chi connectivity index (χ0v) is 28.3. The third kappa shape index (κ3) is 15.0. The summed E-state index contributed by atoms with van der Waals surface area (Å²) in [5, 5.41) is 50.5. The quantitative estimate of drug-likeness (QED) is 0.0669. The van der Waals surface area contributed by atoms with Crippen LogP contribution in [0.2, 0.25) is 0 Å². The second-order valence-corrected chi connectivity index (χ2v) is 12.5. The molecule has 11 N–H and O–H groups in total. The minimum absolute atomic E-state index is 0.00459. The smallest absolute Gasteiger partial charge is 0.326 e. The van der Waals surface area contributed by atoms with Crippen LogP contribution >= 0.6 is 0 Å². The van der Waals surface area contributed by atoms with E-state index >= 15 is 0 Å². The van der Waals surface area contributed by atoms with Gasteiger partial charge in [0, 0.05) is 12.8 Å². The zero-order chi connectivity index (χ0) is 37.4. The van der Waals surface area contributed by atoms with E-state index in [-0.39, 0.29) is 12.3 Å². The molecule has 1 rings (SSSR count). The predicted octanol–water partition coefficient (Wildman–Crippen LogP) is -1.99. The Labute approximate surface area is 284 Å². The van der Waals surface area contributed by atoms with Crippen molar-refractivity contribution in [3.05, 3.63) is 35.9 Å². The van der Waals surface area contributed by atoms with E-state index in [4.69, 9.17) is 10.8 Å². The Hall–Kier alpha value is -4.61. The summed E-state index contributed by atoms with van der Waals surface area (Å²) in [6.07, 6.45) is -2.30. The molecule has 0 bridgehead atoms. The number of carbonyl (C=O) groups excluding carboxylic acids is 5. The van der Waals surface area contributed by atoms with Gasteiger partial charge in [-0.25, -0.2) is 4.79 Å². The molecule has 17 nitrogen and oxygen atoms in total. The number of carbonyl (C=O) groups is 7. The minimum Gasteiger partial charge on any atom is -0.481 e. The van der Waals surface area contributed by atoms with E-state index in [9.17, 15) is 48.9 Å². The molecule has 274 valence electrons. The summed E-state index contributed by atoms with van der Waals surface area (Å²) >= 11 is 0. The third-order valence-corrected chi connectivity index (χ3v) is 7.37. The molecule has 7 atom stereocenters. The Morgan fingerprint density at radius 2 is 1.20 bits per heavy atom. The number of hydrogen-bond acceptors (Lipinski definition) is 10. The molecule has 0 heterocycles. The van der Waals surface area contributed by atoms with Gasteiger partial charge in [-0.3, -0.25) is 28.8 Å². The van der Waals surface area contributed by atoms with E-state index in [0.717, 1.165) is 6.92 Å². The van der Waals surface area contributed by atoms with Crippen LogP contribution in [0.5, 0.6) is 0 Å². The van der Waals surface area contributed by atoms with Crippen molar-refractivity contribution < 1.29 is 54.0 Å². The van der Waals surface area contributed by atoms with Crippen molar-refractivity contribution in [1.29, 1.82) is 0 Å². The van der Waals surface area contributed by atoms with E-state index in [1.165, 1.54) is 13.8 Å². The van der Waals surface area contributed by atoms with Crippen LogP contribution in [0, 0.1) is 11.8 Å². The monoisotopic (exact) mass is 694 g/mol. The van der Waals surface area contributed by atoms with Gasteiger partial charge in [-0.15, -0.1) is 0 Å². The molecule has 0 aromatic heterocycles. The second-order valence-electron chi connectivity index (χ2n) is 12.5. The van der Waals surface area contributed by atoms with Crippen LogP contribution in [-0.4, -0.2) is 111 Å². The summed E-state index contributed by atoms with van der Waals surface area (Å²) in [5.74, 6) is -7.87. The maximum atomic E-state index is 13.4. The standard InChI is InChI=1S/C32H50N6O11/c1-16(2)13-20(33)27(43)35-22(14-19-9-7-6-8-10-19)29(45)36-23(15-39)30(46)38-26(18(5)40)31(47)34-21(11-12-24(41)42)28(44)37-25(17(3)4)32(48)49/h6-10,16-18,20-23,25-26,39-40H,11-15,33H2,1-5H3,(H,34,47)(H,35,43)(H,36,45)(H,37,44)(H,38,46)(H,41,42)(H,48,49)/t18-,20+,21+,22+,23+,25+,26+/m1/s1. The highest BCUT2D eigenvalue weighted by molar-refractivity contribution is 5.96. The van der Waals surface area contributed by atoms with Gasteiger partial charge in [-0.2, -0.15) is 0 Å². The molecule has 0 spiro atoms. The molecule has 0 aliphatic rings. The Morgan fingerprint density at radius 1 is 0.694 bits per heavy atom. The van der Waals surface area contributed by atoms with Gasteiger partial charge < -0.3 is 52.7 Å². The number of aliphatic hydroxyl groups is 2. The van der Waals surface area contributed by atoms with Crippen molar-refractivity contribution in [1.82, 2.24) is 26.6 Å². The summed E-state index contributed by atoms with van der Waals surface area (Å²) in [6.45, 7) is 6.98. The number of aliphatic carboxylic acids is 2. The Bertz CT molecular complexity index is 1290. The number of rotatable bonds is 21. The number of carboxylic acid groups (broad SMARTS) is 2. The van der Waals surface area contributed by atoms with Gasteiger partial charge in [0.25, 0.3) is 0 Å². The van der Waals surface area contributed by atoms with Crippen molar-refractivity contribution in [3.8, 4) is 0 Å². The Morgan fingerprint density at radius 3 is 1.69 bits per heavy atom. The number of benzene rings is 1. The van der Waals surface area contributed by atoms with Crippen LogP contribution in [0.25, 0.3) is 0 Å². The molecule has 1 aromatic rings. The van der Waals surface area contributed by atoms with Crippen molar-refractivity contribution in [2.24, 2.45) is 17.6 Å². The van der Waals surface area contributed by atoms with Crippen LogP contribution in [0.1, 0.15) is 59.4 Å². The van der Waals surface area contributed by atoms with E-state index in [0.29, 0.717) is 12.0 Å². The topological polar surface area (TPSA) is 287 Å². The zero-order valence-electron chi connectivity index (χ0n) is 28.3. The highest BCUT2D eigenvalue weighted by Crippen LogP contribution is 2.09. The lowest BCUT2D eigenvalue weighted by atomic mass is 10.0. The maximum absolute atomic E-state index is 13.4. The third-order valence-electron chi connectivity index (χ3n) is 7.37. The number of aliphatic hydroxyl groups excluding tert-OH is 2. The van der Waals surface area contributed by atoms with Gasteiger partial charge in [0.05, 0.1) is 18.8 Å². The Kier molecular flexibility index (Phi) is 17.9. The van der Waals surface area contributed by atoms with E-state index < -0.39 is 109 Å². The average Bonchev–Trinajstić information content (AvgIpc) is 3.01. The van der Waals surface area contributed by atoms with Crippen molar-refractivity contribution in [2.45, 2.75) is 103 Å². The molecular formula is C32H50N6O11. The first kappa shape index (κ1) is 42.4. The summed E-state index contributed by atoms with van der Waals surface area (Å²) in [4.78, 5) is 88.2. The lowest BCUT2D eigenvalue weighted by molar-refractivity contribution is -0.144. The van der Waals surface area contributed by atoms with Crippen LogP contribution < -0.4 is 32.3 Å². The number of amides is 5. The molecule has 0 aliphatic carbocycles. The molecule has 0 fully saturated rings. The molecule has 0 unspecified atom stereocenters. The van der Waals surface area contributed by atoms with Gasteiger partial charge in [-0.05, 0) is 37.2 Å². The average molecular weight is 695 g/mol. The van der Waals surface area contributed by atoms with Gasteiger partial charge in [-0.1, -0.05) is 58.0 Å². The van der Waals surface area contributed by atoms with E-state index in [1.54, 1.807) is 30.3 Å². The van der Waals surface area contributed by atoms with Crippen LogP contribution in [0.15, 0.2) is 30.3 Å². The molecule has 0 saturated heterocycles. The SMILES string of the molecule is CC(C)C[C@H](N)C(=O)N[C@@H](Cc1ccccc1)C(=O)N[C@@H](CO)C(=O)N[C@H](C(=O)N[C@@H](CCC(=O)O)C(=O)N[C@H](C(=O)O)C(C)C)[C@@H](C)O. The molecule has 0 aliphatic heterocycles. The second kappa shape index (κ2) is 20.7. The molecule has 49 heavy (non-hydrogen) atoms. The van der Waals surface area contributed by atoms with Gasteiger partial charge in [0.1, 0.15) is 30.2 Å². The van der Waals surface area contributed by atoms with Crippen molar-refractivity contribution >= 4 is 41.5 Å². The van der Waals surface area contributed by atoms with Crippen LogP contribution in [0.3, 0.4) is 0 Å². The molecule has 0 saturated carbocycles. The number of nitrogens with one attached hydrogen (secondary N) is 5. The van der Waals surface area contributed by atoms with E-state index in [2.05, 4.69) is 26.6 Å². The summed E-state index contributed by atoms with van der Waals surface area (Å²) < 4.78 is 0. The van der Waals surface area contributed by atoms with Crippen molar-refractivity contribution in [3.63, 3.8) is 0 Å². The van der Waals surface area contributed by atoms with Gasteiger partial charge >= 0.3 is 11.9 Å². The fourth-order valence-corrected chi connectivity index (χ4v) is 4.64. The maximum Gasteiger partial charge on any atom is 0.326 e.